The Bertz CT molecular complexity index is 946. The number of carbonyl (C=O) groups excluding carboxylic acids is 1. The first-order chi connectivity index (χ1) is 15.0. The predicted molar refractivity (Wildman–Crippen MR) is 116 cm³/mol. The molecule has 2 aromatic rings. The third kappa shape index (κ3) is 5.27. The standard InChI is InChI=1S/C24H32F4N2O2/c1-5-30-12-11-17-19-13-15(24(26,27)28)9-10-20(19)29-21(17)18(22(31)32-4)8-6-7-16(14-30)23(2,3)25/h9-10,13,16,18,29H,5-8,11-12,14H2,1-4H3/t16?,18-/m1/s1. The molecule has 4 nitrogen and oxygen atoms in total. The number of fused-ring (bicyclic) bond motifs is 3. The zero-order chi connectivity index (χ0) is 23.7. The van der Waals surface area contributed by atoms with Gasteiger partial charge in [0, 0.05) is 35.6 Å². The van der Waals surface area contributed by atoms with Gasteiger partial charge in [-0.3, -0.25) is 4.79 Å². The van der Waals surface area contributed by atoms with Crippen molar-refractivity contribution in [3.05, 3.63) is 35.0 Å². The molecule has 0 aliphatic carbocycles. The highest BCUT2D eigenvalue weighted by Crippen LogP contribution is 2.38. The number of ether oxygens (including phenoxy) is 1. The van der Waals surface area contributed by atoms with Gasteiger partial charge in [-0.2, -0.15) is 13.2 Å². The Labute approximate surface area is 186 Å². The lowest BCUT2D eigenvalue weighted by Gasteiger charge is -2.32. The van der Waals surface area contributed by atoms with E-state index in [-0.39, 0.29) is 5.92 Å². The highest BCUT2D eigenvalue weighted by Gasteiger charge is 2.35. The van der Waals surface area contributed by atoms with Crippen molar-refractivity contribution in [3.63, 3.8) is 0 Å². The van der Waals surface area contributed by atoms with Gasteiger partial charge in [0.25, 0.3) is 0 Å². The van der Waals surface area contributed by atoms with Crippen LogP contribution in [0.15, 0.2) is 18.2 Å². The van der Waals surface area contributed by atoms with E-state index in [0.717, 1.165) is 12.1 Å². The Morgan fingerprint density at radius 1 is 1.22 bits per heavy atom. The molecule has 1 aliphatic rings. The van der Waals surface area contributed by atoms with Gasteiger partial charge in [-0.25, -0.2) is 4.39 Å². The number of rotatable bonds is 3. The van der Waals surface area contributed by atoms with Crippen molar-refractivity contribution in [2.75, 3.05) is 26.7 Å². The van der Waals surface area contributed by atoms with Crippen LogP contribution in [0.25, 0.3) is 10.9 Å². The largest absolute Gasteiger partial charge is 0.469 e. The zero-order valence-corrected chi connectivity index (χ0v) is 19.1. The van der Waals surface area contributed by atoms with E-state index in [1.807, 2.05) is 6.92 Å². The first-order valence-electron chi connectivity index (χ1n) is 11.2. The van der Waals surface area contributed by atoms with Crippen LogP contribution in [0.5, 0.6) is 0 Å². The minimum absolute atomic E-state index is 0.203. The van der Waals surface area contributed by atoms with E-state index < -0.39 is 29.3 Å². The molecule has 2 heterocycles. The average Bonchev–Trinajstić information content (AvgIpc) is 3.06. The molecule has 178 valence electrons. The van der Waals surface area contributed by atoms with Crippen molar-refractivity contribution >= 4 is 16.9 Å². The number of benzene rings is 1. The van der Waals surface area contributed by atoms with E-state index in [1.165, 1.54) is 13.2 Å². The molecule has 1 aromatic heterocycles. The maximum absolute atomic E-state index is 14.9. The lowest BCUT2D eigenvalue weighted by atomic mass is 9.85. The third-order valence-electron chi connectivity index (χ3n) is 6.72. The number of methoxy groups -OCH3 is 1. The van der Waals surface area contributed by atoms with Crippen LogP contribution in [0.3, 0.4) is 0 Å². The molecule has 0 saturated heterocycles. The summed E-state index contributed by atoms with van der Waals surface area (Å²) in [7, 11) is 1.31. The molecule has 0 spiro atoms. The van der Waals surface area contributed by atoms with E-state index in [2.05, 4.69) is 9.88 Å². The summed E-state index contributed by atoms with van der Waals surface area (Å²) in [5.41, 5.74) is -0.203. The molecule has 1 unspecified atom stereocenters. The molecule has 1 aliphatic heterocycles. The minimum atomic E-state index is -4.46. The van der Waals surface area contributed by atoms with Gasteiger partial charge in [-0.1, -0.05) is 13.3 Å². The Hall–Kier alpha value is -2.09. The van der Waals surface area contributed by atoms with Crippen molar-refractivity contribution in [1.29, 1.82) is 0 Å². The van der Waals surface area contributed by atoms with Crippen LogP contribution in [0.4, 0.5) is 17.6 Å². The molecule has 8 heteroatoms. The predicted octanol–water partition coefficient (Wildman–Crippen LogP) is 5.86. The van der Waals surface area contributed by atoms with Crippen molar-refractivity contribution in [3.8, 4) is 0 Å². The molecule has 0 radical (unpaired) electrons. The number of likely N-dealkylation sites (N-methyl/N-ethyl adjacent to an activating group) is 1. The van der Waals surface area contributed by atoms with Gasteiger partial charge in [0.05, 0.1) is 18.6 Å². The highest BCUT2D eigenvalue weighted by molar-refractivity contribution is 5.89. The van der Waals surface area contributed by atoms with E-state index in [9.17, 15) is 22.4 Å². The number of aromatic nitrogens is 1. The molecule has 2 atom stereocenters. The maximum Gasteiger partial charge on any atom is 0.416 e. The summed E-state index contributed by atoms with van der Waals surface area (Å²) < 4.78 is 60.0. The second-order valence-corrected chi connectivity index (χ2v) is 9.19. The number of halogens is 4. The Kier molecular flexibility index (Phi) is 7.22. The normalized spacial score (nSPS) is 21.8. The minimum Gasteiger partial charge on any atom is -0.469 e. The molecule has 3 rings (SSSR count). The SMILES string of the molecule is CCN1CCc2c([nH]c3ccc(C(F)(F)F)cc23)[C@H](C(=O)OC)CCCC(C(C)(C)F)C1. The molecule has 0 saturated carbocycles. The van der Waals surface area contributed by atoms with Gasteiger partial charge in [-0.05, 0) is 63.4 Å². The maximum atomic E-state index is 14.9. The van der Waals surface area contributed by atoms with Crippen molar-refractivity contribution in [2.45, 2.75) is 64.2 Å². The van der Waals surface area contributed by atoms with Crippen LogP contribution in [-0.4, -0.2) is 48.3 Å². The quantitative estimate of drug-likeness (QED) is 0.465. The fourth-order valence-corrected chi connectivity index (χ4v) is 4.71. The van der Waals surface area contributed by atoms with Crippen molar-refractivity contribution < 1.29 is 27.1 Å². The molecule has 0 amide bonds. The summed E-state index contributed by atoms with van der Waals surface area (Å²) in [6.45, 7) is 6.99. The number of nitrogens with one attached hydrogen (secondary N) is 1. The van der Waals surface area contributed by atoms with Crippen molar-refractivity contribution in [2.24, 2.45) is 5.92 Å². The highest BCUT2D eigenvalue weighted by atomic mass is 19.4. The number of nitrogens with zero attached hydrogens (tertiary/aromatic N) is 1. The Morgan fingerprint density at radius 3 is 2.53 bits per heavy atom. The van der Waals surface area contributed by atoms with Crippen LogP contribution >= 0.6 is 0 Å². The van der Waals surface area contributed by atoms with Gasteiger partial charge < -0.3 is 14.6 Å². The van der Waals surface area contributed by atoms with Crippen LogP contribution in [-0.2, 0) is 22.1 Å². The number of H-pyrrole nitrogens is 1. The lowest BCUT2D eigenvalue weighted by molar-refractivity contribution is -0.142. The number of hydrogen-bond donors (Lipinski definition) is 1. The van der Waals surface area contributed by atoms with Gasteiger partial charge >= 0.3 is 12.1 Å². The number of aromatic amines is 1. The monoisotopic (exact) mass is 456 g/mol. The van der Waals surface area contributed by atoms with Crippen LogP contribution in [0, 0.1) is 5.92 Å². The zero-order valence-electron chi connectivity index (χ0n) is 19.1. The van der Waals surface area contributed by atoms with Gasteiger partial charge in [0.1, 0.15) is 5.67 Å². The molecular formula is C24H32F4N2O2. The van der Waals surface area contributed by atoms with E-state index in [4.69, 9.17) is 4.74 Å². The molecule has 1 N–H and O–H groups in total. The summed E-state index contributed by atoms with van der Waals surface area (Å²) in [6.07, 6.45) is -2.34. The molecule has 32 heavy (non-hydrogen) atoms. The first kappa shape index (κ1) is 24.6. The number of carbonyl (C=O) groups is 1. The topological polar surface area (TPSA) is 45.3 Å². The summed E-state index contributed by atoms with van der Waals surface area (Å²) in [4.78, 5) is 18.0. The molecular weight excluding hydrogens is 424 g/mol. The Morgan fingerprint density at radius 2 is 1.94 bits per heavy atom. The number of alkyl halides is 4. The second kappa shape index (κ2) is 9.41. The second-order valence-electron chi connectivity index (χ2n) is 9.19. The number of hydrogen-bond acceptors (Lipinski definition) is 3. The van der Waals surface area contributed by atoms with E-state index in [1.54, 1.807) is 13.8 Å². The van der Waals surface area contributed by atoms with Crippen LogP contribution in [0.2, 0.25) is 0 Å². The smallest absolute Gasteiger partial charge is 0.416 e. The summed E-state index contributed by atoms with van der Waals surface area (Å²) in [5, 5.41) is 0.474. The van der Waals surface area contributed by atoms with Gasteiger partial charge in [0.2, 0.25) is 0 Å². The molecule has 0 bridgehead atoms. The summed E-state index contributed by atoms with van der Waals surface area (Å²) in [6, 6.07) is 3.63. The van der Waals surface area contributed by atoms with E-state index >= 15 is 0 Å². The van der Waals surface area contributed by atoms with Gasteiger partial charge in [0.15, 0.2) is 0 Å². The fourth-order valence-electron chi connectivity index (χ4n) is 4.71. The lowest BCUT2D eigenvalue weighted by Crippen LogP contribution is -2.39. The Balaban J connectivity index is 2.10. The van der Waals surface area contributed by atoms with E-state index in [0.29, 0.717) is 67.5 Å². The van der Waals surface area contributed by atoms with Crippen LogP contribution < -0.4 is 0 Å². The van der Waals surface area contributed by atoms with Gasteiger partial charge in [-0.15, -0.1) is 0 Å². The van der Waals surface area contributed by atoms with Crippen molar-refractivity contribution in [1.82, 2.24) is 9.88 Å². The third-order valence-corrected chi connectivity index (χ3v) is 6.72. The fraction of sp³-hybridized carbons (Fsp3) is 0.625. The molecule has 1 aromatic carbocycles. The summed E-state index contributed by atoms with van der Waals surface area (Å²) in [5.74, 6) is -1.27. The van der Waals surface area contributed by atoms with Crippen LogP contribution in [0.1, 0.15) is 62.8 Å². The molecule has 0 fully saturated rings. The number of esters is 1. The average molecular weight is 457 g/mol. The first-order valence-corrected chi connectivity index (χ1v) is 11.2. The summed E-state index contributed by atoms with van der Waals surface area (Å²) >= 11 is 0.